The molecule has 240 valence electrons. The van der Waals surface area contributed by atoms with E-state index in [1.54, 1.807) is 13.8 Å². The van der Waals surface area contributed by atoms with Crippen LogP contribution in [0.15, 0.2) is 30.3 Å². The normalized spacial score (nSPS) is 15.8. The average molecular weight is 604 g/mol. The number of hydrogen-bond donors (Lipinski definition) is 4. The Balaban J connectivity index is 2.24. The van der Waals surface area contributed by atoms with Gasteiger partial charge in [-0.1, -0.05) is 69.4 Å². The van der Waals surface area contributed by atoms with E-state index in [1.807, 2.05) is 51.1 Å². The number of primary amides is 1. The average Bonchev–Trinajstić information content (AvgIpc) is 2.96. The molecule has 1 aromatic rings. The van der Waals surface area contributed by atoms with Gasteiger partial charge in [-0.25, -0.2) is 4.79 Å². The number of nitrogens with one attached hydrogen (secondary N) is 3. The van der Waals surface area contributed by atoms with Crippen molar-refractivity contribution in [3.05, 3.63) is 35.9 Å². The number of ether oxygens (including phenoxy) is 2. The van der Waals surface area contributed by atoms with Crippen molar-refractivity contribution < 1.29 is 33.4 Å². The Morgan fingerprint density at radius 3 is 2.23 bits per heavy atom. The molecule has 2 rings (SSSR count). The van der Waals surface area contributed by atoms with Crippen LogP contribution in [0.5, 0.6) is 0 Å². The highest BCUT2D eigenvalue weighted by Crippen LogP contribution is 2.27. The Hall–Kier alpha value is -3.67. The summed E-state index contributed by atoms with van der Waals surface area (Å²) >= 11 is 0. The molecule has 5 amide bonds. The predicted octanol–water partition coefficient (Wildman–Crippen LogP) is 3.09. The van der Waals surface area contributed by atoms with Gasteiger partial charge in [0.15, 0.2) is 0 Å². The van der Waals surface area contributed by atoms with Crippen LogP contribution in [-0.2, 0) is 35.3 Å². The van der Waals surface area contributed by atoms with Crippen molar-refractivity contribution in [3.8, 4) is 0 Å². The van der Waals surface area contributed by atoms with E-state index < -0.39 is 53.5 Å². The molecule has 1 aliphatic carbocycles. The fraction of sp³-hybridized carbons (Fsp3) is 0.645. The molecule has 12 nitrogen and oxygen atoms in total. The van der Waals surface area contributed by atoms with Gasteiger partial charge in [0.1, 0.15) is 18.7 Å². The van der Waals surface area contributed by atoms with Crippen LogP contribution in [0.2, 0.25) is 0 Å². The molecular weight excluding hydrogens is 554 g/mol. The van der Waals surface area contributed by atoms with Crippen LogP contribution in [0, 0.1) is 5.92 Å². The van der Waals surface area contributed by atoms with Crippen molar-refractivity contribution in [2.24, 2.45) is 11.7 Å². The quantitative estimate of drug-likeness (QED) is 0.237. The first-order chi connectivity index (χ1) is 20.3. The van der Waals surface area contributed by atoms with Crippen molar-refractivity contribution in [1.82, 2.24) is 21.1 Å². The fourth-order valence-electron chi connectivity index (χ4n) is 5.03. The number of nitrogens with zero attached hydrogens (tertiary/aromatic N) is 1. The molecular formula is C31H49N5O7. The summed E-state index contributed by atoms with van der Waals surface area (Å²) in [6.45, 7) is 8.71. The molecule has 1 fully saturated rings. The van der Waals surface area contributed by atoms with Crippen LogP contribution >= 0.6 is 0 Å². The topological polar surface area (TPSA) is 169 Å². The zero-order chi connectivity index (χ0) is 32.0. The molecule has 0 aromatic heterocycles. The lowest BCUT2D eigenvalue weighted by molar-refractivity contribution is -0.144. The molecule has 0 bridgehead atoms. The minimum Gasteiger partial charge on any atom is -0.445 e. The summed E-state index contributed by atoms with van der Waals surface area (Å²) < 4.78 is 11.4. The number of nitrogens with two attached hydrogens (primary N) is 1. The summed E-state index contributed by atoms with van der Waals surface area (Å²) in [5.41, 5.74) is 7.99. The number of hydrazine groups is 1. The lowest BCUT2D eigenvalue weighted by Gasteiger charge is -2.33. The first-order valence-electron chi connectivity index (χ1n) is 15.1. The van der Waals surface area contributed by atoms with E-state index in [0.29, 0.717) is 6.42 Å². The van der Waals surface area contributed by atoms with Crippen molar-refractivity contribution in [2.75, 3.05) is 6.54 Å². The van der Waals surface area contributed by atoms with Crippen LogP contribution in [0.25, 0.3) is 0 Å². The summed E-state index contributed by atoms with van der Waals surface area (Å²) in [6.07, 6.45) is 3.71. The standard InChI is InChI=1S/C31H49N5O7/c1-6-26(38)36(18-17-25(32)37)35-28(39)24(19-22-13-9-7-10-14-22)33-29(40)27(21(2)43-31(3,4)5)34-30(41)42-20-23-15-11-8-12-16-23/h8,11-12,15-16,21-22,24,27H,6-7,9-10,13-14,17-20H2,1-5H3,(H2,32,37)(H,33,40)(H,34,41)(H,35,39)/t21-,24+,27+/m1/s1. The highest BCUT2D eigenvalue weighted by atomic mass is 16.6. The minimum atomic E-state index is -1.19. The summed E-state index contributed by atoms with van der Waals surface area (Å²) in [6, 6.07) is 6.93. The molecule has 0 saturated heterocycles. The molecule has 0 heterocycles. The van der Waals surface area contributed by atoms with Crippen molar-refractivity contribution in [3.63, 3.8) is 0 Å². The third-order valence-electron chi connectivity index (χ3n) is 7.13. The van der Waals surface area contributed by atoms with Gasteiger partial charge in [0.25, 0.3) is 5.91 Å². The summed E-state index contributed by atoms with van der Waals surface area (Å²) in [7, 11) is 0. The number of hydrogen-bond acceptors (Lipinski definition) is 7. The minimum absolute atomic E-state index is 0.00876. The fourth-order valence-corrected chi connectivity index (χ4v) is 5.03. The molecule has 0 radical (unpaired) electrons. The molecule has 5 N–H and O–H groups in total. The largest absolute Gasteiger partial charge is 0.445 e. The number of rotatable bonds is 14. The van der Waals surface area contributed by atoms with E-state index in [0.717, 1.165) is 42.7 Å². The Bertz CT molecular complexity index is 1070. The van der Waals surface area contributed by atoms with E-state index in [4.69, 9.17) is 15.2 Å². The van der Waals surface area contributed by atoms with Crippen LogP contribution < -0.4 is 21.8 Å². The molecule has 1 aliphatic rings. The lowest BCUT2D eigenvalue weighted by atomic mass is 9.84. The van der Waals surface area contributed by atoms with E-state index >= 15 is 0 Å². The number of benzene rings is 1. The Morgan fingerprint density at radius 1 is 1.00 bits per heavy atom. The smallest absolute Gasteiger partial charge is 0.408 e. The van der Waals surface area contributed by atoms with E-state index in [9.17, 15) is 24.0 Å². The van der Waals surface area contributed by atoms with Crippen LogP contribution in [0.4, 0.5) is 4.79 Å². The first kappa shape index (κ1) is 35.5. The van der Waals surface area contributed by atoms with Crippen LogP contribution in [-0.4, -0.2) is 65.1 Å². The zero-order valence-electron chi connectivity index (χ0n) is 26.1. The second kappa shape index (κ2) is 17.4. The van der Waals surface area contributed by atoms with Gasteiger partial charge >= 0.3 is 6.09 Å². The second-order valence-electron chi connectivity index (χ2n) is 12.0. The summed E-state index contributed by atoms with van der Waals surface area (Å²) in [5.74, 6) is -2.05. The molecule has 0 unspecified atom stereocenters. The zero-order valence-corrected chi connectivity index (χ0v) is 26.1. The number of amides is 5. The van der Waals surface area contributed by atoms with Crippen molar-refractivity contribution in [1.29, 1.82) is 0 Å². The van der Waals surface area contributed by atoms with Gasteiger partial charge in [0.2, 0.25) is 17.7 Å². The van der Waals surface area contributed by atoms with Crippen LogP contribution in [0.3, 0.4) is 0 Å². The van der Waals surface area contributed by atoms with Crippen LogP contribution in [0.1, 0.15) is 91.5 Å². The van der Waals surface area contributed by atoms with Gasteiger partial charge < -0.3 is 25.8 Å². The van der Waals surface area contributed by atoms with Gasteiger partial charge in [0, 0.05) is 12.8 Å². The lowest BCUT2D eigenvalue weighted by Crippen LogP contribution is -2.60. The second-order valence-corrected chi connectivity index (χ2v) is 12.0. The third kappa shape index (κ3) is 13.5. The molecule has 1 saturated carbocycles. The van der Waals surface area contributed by atoms with Gasteiger partial charge in [-0.3, -0.25) is 29.6 Å². The summed E-state index contributed by atoms with van der Waals surface area (Å²) in [5, 5.41) is 6.48. The highest BCUT2D eigenvalue weighted by Gasteiger charge is 2.35. The maximum atomic E-state index is 13.7. The maximum absolute atomic E-state index is 13.7. The monoisotopic (exact) mass is 603 g/mol. The van der Waals surface area contributed by atoms with Crippen molar-refractivity contribution >= 4 is 29.7 Å². The molecule has 12 heteroatoms. The number of alkyl carbamates (subject to hydrolysis) is 1. The van der Waals surface area contributed by atoms with Gasteiger partial charge in [-0.05, 0) is 45.6 Å². The summed E-state index contributed by atoms with van der Waals surface area (Å²) in [4.78, 5) is 63.9. The molecule has 43 heavy (non-hydrogen) atoms. The molecule has 1 aromatic carbocycles. The number of carbonyl (C=O) groups excluding carboxylic acids is 5. The molecule has 3 atom stereocenters. The maximum Gasteiger partial charge on any atom is 0.408 e. The van der Waals surface area contributed by atoms with E-state index in [2.05, 4.69) is 16.1 Å². The Kier molecular flexibility index (Phi) is 14.4. The Morgan fingerprint density at radius 2 is 1.65 bits per heavy atom. The third-order valence-corrected chi connectivity index (χ3v) is 7.13. The first-order valence-corrected chi connectivity index (χ1v) is 15.1. The Labute approximate surface area is 254 Å². The van der Waals surface area contributed by atoms with E-state index in [-0.39, 0.29) is 31.9 Å². The molecule has 0 spiro atoms. The van der Waals surface area contributed by atoms with E-state index in [1.165, 1.54) is 0 Å². The van der Waals surface area contributed by atoms with Crippen molar-refractivity contribution in [2.45, 2.75) is 116 Å². The highest BCUT2D eigenvalue weighted by molar-refractivity contribution is 5.92. The van der Waals surface area contributed by atoms with Gasteiger partial charge in [-0.15, -0.1) is 0 Å². The molecule has 0 aliphatic heterocycles. The SMILES string of the molecule is CCC(=O)N(CCC(N)=O)NC(=O)[C@H](CC1CCCCC1)NC(=O)[C@@H](NC(=O)OCc1ccccc1)[C@@H](C)OC(C)(C)C. The van der Waals surface area contributed by atoms with Gasteiger partial charge in [-0.2, -0.15) is 0 Å². The number of carbonyl (C=O) groups is 5. The predicted molar refractivity (Wildman–Crippen MR) is 161 cm³/mol. The van der Waals surface area contributed by atoms with Gasteiger partial charge in [0.05, 0.1) is 18.2 Å².